The van der Waals surface area contributed by atoms with Crippen molar-refractivity contribution in [1.82, 2.24) is 0 Å². The predicted molar refractivity (Wildman–Crippen MR) is 232 cm³/mol. The Morgan fingerprint density at radius 1 is 0.283 bits per heavy atom. The minimum Gasteiger partial charge on any atom is -0.0622 e. The van der Waals surface area contributed by atoms with Gasteiger partial charge in [0.1, 0.15) is 8.07 Å². The van der Waals surface area contributed by atoms with Gasteiger partial charge in [0.25, 0.3) is 0 Å². The fourth-order valence-electron chi connectivity index (χ4n) is 9.62. The van der Waals surface area contributed by atoms with Crippen LogP contribution in [0, 0.1) is 0 Å². The third-order valence-corrected chi connectivity index (χ3v) is 15.5. The molecule has 10 aromatic rings. The molecule has 1 heteroatoms. The molecule has 1 heterocycles. The summed E-state index contributed by atoms with van der Waals surface area (Å²) in [5.74, 6) is 0. The Bertz CT molecular complexity index is 3020. The van der Waals surface area contributed by atoms with E-state index in [1.807, 2.05) is 0 Å². The minimum absolute atomic E-state index is 1.24. The van der Waals surface area contributed by atoms with Gasteiger partial charge in [0, 0.05) is 0 Å². The molecule has 0 N–H and O–H groups in total. The fraction of sp³-hybridized carbons (Fsp3) is 0.0385. The summed E-state index contributed by atoms with van der Waals surface area (Å²) in [7, 11) is -1.86. The van der Waals surface area contributed by atoms with Gasteiger partial charge in [-0.3, -0.25) is 0 Å². The fourth-order valence-corrected chi connectivity index (χ4v) is 12.7. The molecule has 0 saturated heterocycles. The predicted octanol–water partition coefficient (Wildman–Crippen LogP) is 13.3. The molecule has 248 valence electrons. The molecule has 11 rings (SSSR count). The van der Waals surface area contributed by atoms with Crippen molar-refractivity contribution in [2.45, 2.75) is 13.1 Å². The second-order valence-electron chi connectivity index (χ2n) is 15.2. The Morgan fingerprint density at radius 3 is 1.15 bits per heavy atom. The van der Waals surface area contributed by atoms with Gasteiger partial charge < -0.3 is 0 Å². The van der Waals surface area contributed by atoms with Crippen LogP contribution in [0.25, 0.3) is 98.4 Å². The molecule has 0 unspecified atom stereocenters. The second-order valence-corrected chi connectivity index (χ2v) is 19.5. The van der Waals surface area contributed by atoms with Crippen molar-refractivity contribution in [1.29, 1.82) is 0 Å². The molecule has 0 radical (unpaired) electrons. The zero-order valence-electron chi connectivity index (χ0n) is 29.8. The first-order chi connectivity index (χ1) is 26.1. The second kappa shape index (κ2) is 11.4. The van der Waals surface area contributed by atoms with Crippen LogP contribution in [-0.4, -0.2) is 8.07 Å². The van der Waals surface area contributed by atoms with Crippen LogP contribution in [0.2, 0.25) is 13.1 Å². The van der Waals surface area contributed by atoms with Crippen molar-refractivity contribution in [2.75, 3.05) is 0 Å². The summed E-state index contributed by atoms with van der Waals surface area (Å²) in [6, 6.07) is 68.3. The quantitative estimate of drug-likeness (QED) is 0.128. The Labute approximate surface area is 310 Å². The molecule has 0 fully saturated rings. The molecule has 0 aliphatic carbocycles. The molecule has 53 heavy (non-hydrogen) atoms. The summed E-state index contributed by atoms with van der Waals surface area (Å²) >= 11 is 0. The molecule has 0 nitrogen and oxygen atoms in total. The van der Waals surface area contributed by atoms with Gasteiger partial charge in [-0.1, -0.05) is 183 Å². The highest BCUT2D eigenvalue weighted by atomic mass is 28.3. The Hall–Kier alpha value is -6.28. The molecule has 0 atom stereocenters. The van der Waals surface area contributed by atoms with Gasteiger partial charge in [0.2, 0.25) is 0 Å². The smallest absolute Gasteiger partial charge is 0.0622 e. The highest BCUT2D eigenvalue weighted by Gasteiger charge is 2.38. The summed E-state index contributed by atoms with van der Waals surface area (Å²) in [6.07, 6.45) is 0. The molecule has 0 aromatic heterocycles. The molecular weight excluding hydrogens is 653 g/mol. The van der Waals surface area contributed by atoms with E-state index in [-0.39, 0.29) is 0 Å². The lowest BCUT2D eigenvalue weighted by atomic mass is 9.81. The highest BCUT2D eigenvalue weighted by Crippen LogP contribution is 2.50. The summed E-state index contributed by atoms with van der Waals surface area (Å²) < 4.78 is 0. The Kier molecular flexibility index (Phi) is 6.50. The molecule has 1 aliphatic rings. The van der Waals surface area contributed by atoms with Crippen molar-refractivity contribution in [3.05, 3.63) is 182 Å². The van der Waals surface area contributed by atoms with E-state index in [2.05, 4.69) is 195 Å². The molecule has 1 aliphatic heterocycles. The van der Waals surface area contributed by atoms with Crippen molar-refractivity contribution in [3.63, 3.8) is 0 Å². The van der Waals surface area contributed by atoms with Crippen LogP contribution in [-0.2, 0) is 0 Å². The summed E-state index contributed by atoms with van der Waals surface area (Å²) in [6.45, 7) is 5.03. The van der Waals surface area contributed by atoms with Crippen molar-refractivity contribution in [3.8, 4) is 44.5 Å². The third kappa shape index (κ3) is 4.35. The number of hydrogen-bond acceptors (Lipinski definition) is 0. The molecular formula is C52H36Si. The van der Waals surface area contributed by atoms with E-state index in [0.29, 0.717) is 0 Å². The monoisotopic (exact) mass is 688 g/mol. The van der Waals surface area contributed by atoms with Crippen molar-refractivity contribution >= 4 is 72.3 Å². The van der Waals surface area contributed by atoms with Gasteiger partial charge in [-0.25, -0.2) is 0 Å². The lowest BCUT2D eigenvalue weighted by molar-refractivity contribution is 1.66. The van der Waals surface area contributed by atoms with E-state index in [4.69, 9.17) is 0 Å². The Morgan fingerprint density at radius 2 is 0.660 bits per heavy atom. The van der Waals surface area contributed by atoms with Gasteiger partial charge >= 0.3 is 0 Å². The van der Waals surface area contributed by atoms with Gasteiger partial charge in [0.05, 0.1) is 0 Å². The zero-order valence-corrected chi connectivity index (χ0v) is 30.8. The van der Waals surface area contributed by atoms with Crippen LogP contribution < -0.4 is 10.4 Å². The first kappa shape index (κ1) is 30.4. The van der Waals surface area contributed by atoms with Crippen LogP contribution in [0.1, 0.15) is 0 Å². The van der Waals surface area contributed by atoms with E-state index >= 15 is 0 Å². The molecule has 0 bridgehead atoms. The first-order valence-corrected chi connectivity index (χ1v) is 21.7. The van der Waals surface area contributed by atoms with Crippen LogP contribution in [0.3, 0.4) is 0 Å². The standard InChI is InChI=1S/C52H36Si/c1-53(2)47-29-28-36(31-45(47)46-30-34-18-6-7-19-35(34)32-48(46)53)50-39-22-10-14-26-43(39)52(44-27-15-11-23-40(44)50)51-41-24-12-8-20-37(41)49(33-16-4-3-5-17-33)38-21-9-13-25-42(38)51/h3-32H,1-2H3. The minimum atomic E-state index is -1.86. The number of hydrogen-bond donors (Lipinski definition) is 0. The van der Waals surface area contributed by atoms with Crippen LogP contribution in [0.4, 0.5) is 0 Å². The molecule has 0 amide bonds. The molecule has 0 spiro atoms. The first-order valence-electron chi connectivity index (χ1n) is 18.7. The van der Waals surface area contributed by atoms with Gasteiger partial charge in [-0.15, -0.1) is 0 Å². The lowest BCUT2D eigenvalue weighted by Gasteiger charge is -2.22. The van der Waals surface area contributed by atoms with Crippen LogP contribution >= 0.6 is 0 Å². The maximum atomic E-state index is 2.52. The van der Waals surface area contributed by atoms with E-state index in [1.165, 1.54) is 104 Å². The van der Waals surface area contributed by atoms with E-state index in [0.717, 1.165) is 0 Å². The topological polar surface area (TPSA) is 0 Å². The number of benzene rings is 10. The van der Waals surface area contributed by atoms with Crippen molar-refractivity contribution in [2.24, 2.45) is 0 Å². The third-order valence-electron chi connectivity index (χ3n) is 12.0. The molecule has 10 aromatic carbocycles. The average Bonchev–Trinajstić information content (AvgIpc) is 3.43. The normalized spacial score (nSPS) is 13.2. The van der Waals surface area contributed by atoms with Crippen LogP contribution in [0.15, 0.2) is 182 Å². The summed E-state index contributed by atoms with van der Waals surface area (Å²) in [4.78, 5) is 0. The van der Waals surface area contributed by atoms with E-state index in [9.17, 15) is 0 Å². The lowest BCUT2D eigenvalue weighted by Crippen LogP contribution is -2.49. The highest BCUT2D eigenvalue weighted by molar-refractivity contribution is 7.04. The largest absolute Gasteiger partial charge is 0.113 e. The van der Waals surface area contributed by atoms with Crippen LogP contribution in [0.5, 0.6) is 0 Å². The maximum absolute atomic E-state index is 2.52. The van der Waals surface area contributed by atoms with Gasteiger partial charge in [0.15, 0.2) is 0 Å². The summed E-state index contributed by atoms with van der Waals surface area (Å²) in [5.41, 5.74) is 10.6. The number of fused-ring (bicyclic) bond motifs is 8. The number of rotatable bonds is 3. The van der Waals surface area contributed by atoms with E-state index in [1.54, 1.807) is 5.19 Å². The SMILES string of the molecule is C[Si]1(C)c2ccc(-c3c4ccccc4c(-c4c5ccccc5c(-c5ccccc5)c5ccccc45)c4ccccc34)cc2-c2cc3ccccc3cc21. The zero-order chi connectivity index (χ0) is 35.3. The Balaban J connectivity index is 1.24. The average molecular weight is 689 g/mol. The maximum Gasteiger partial charge on any atom is 0.113 e. The van der Waals surface area contributed by atoms with Crippen molar-refractivity contribution < 1.29 is 0 Å². The molecule has 0 saturated carbocycles. The van der Waals surface area contributed by atoms with Gasteiger partial charge in [-0.2, -0.15) is 0 Å². The van der Waals surface area contributed by atoms with E-state index < -0.39 is 8.07 Å². The van der Waals surface area contributed by atoms with Gasteiger partial charge in [-0.05, 0) is 121 Å². The summed E-state index contributed by atoms with van der Waals surface area (Å²) in [5, 5.41) is 16.0.